The Bertz CT molecular complexity index is 429. The summed E-state index contributed by atoms with van der Waals surface area (Å²) in [6.45, 7) is 1.84. The molecule has 0 radical (unpaired) electrons. The number of carbonyl (C=O) groups is 1. The van der Waals surface area contributed by atoms with Gasteiger partial charge >= 0.3 is 6.18 Å². The number of carbonyl (C=O) groups excluding carboxylic acids is 1. The van der Waals surface area contributed by atoms with Gasteiger partial charge in [-0.3, -0.25) is 4.79 Å². The lowest BCUT2D eigenvalue weighted by Gasteiger charge is -2.16. The van der Waals surface area contributed by atoms with Crippen LogP contribution in [-0.4, -0.2) is 25.2 Å². The maximum Gasteiger partial charge on any atom is 0.389 e. The predicted molar refractivity (Wildman–Crippen MR) is 72.8 cm³/mol. The second-order valence-corrected chi connectivity index (χ2v) is 4.71. The molecule has 1 rings (SSSR count). The van der Waals surface area contributed by atoms with E-state index >= 15 is 0 Å². The lowest BCUT2D eigenvalue weighted by molar-refractivity contribution is -0.135. The first-order valence-corrected chi connectivity index (χ1v) is 6.47. The van der Waals surface area contributed by atoms with Crippen LogP contribution in [0, 0.1) is 0 Å². The van der Waals surface area contributed by atoms with Crippen LogP contribution in [0.4, 0.5) is 18.9 Å². The Labute approximate surface area is 116 Å². The van der Waals surface area contributed by atoms with E-state index in [4.69, 9.17) is 0 Å². The Kier molecular flexibility index (Phi) is 5.85. The smallest absolute Gasteiger partial charge is 0.383 e. The zero-order valence-corrected chi connectivity index (χ0v) is 11.6. The molecular weight excluding hydrogens is 269 g/mol. The summed E-state index contributed by atoms with van der Waals surface area (Å²) in [6.07, 6.45) is -4.30. The van der Waals surface area contributed by atoms with Gasteiger partial charge < -0.3 is 10.6 Å². The summed E-state index contributed by atoms with van der Waals surface area (Å²) in [5, 5.41) is 5.63. The molecule has 1 aromatic rings. The van der Waals surface area contributed by atoms with Crippen LogP contribution < -0.4 is 10.6 Å². The largest absolute Gasteiger partial charge is 0.389 e. The Morgan fingerprint density at radius 2 is 1.85 bits per heavy atom. The molecule has 0 bridgehead atoms. The van der Waals surface area contributed by atoms with E-state index in [-0.39, 0.29) is 18.4 Å². The average molecular weight is 288 g/mol. The van der Waals surface area contributed by atoms with Gasteiger partial charge in [-0.05, 0) is 44.0 Å². The Morgan fingerprint density at radius 3 is 2.35 bits per heavy atom. The summed E-state index contributed by atoms with van der Waals surface area (Å²) in [5.74, 6) is -0.172. The second kappa shape index (κ2) is 7.17. The summed E-state index contributed by atoms with van der Waals surface area (Å²) in [7, 11) is 1.55. The Hall–Kier alpha value is -1.72. The zero-order valence-electron chi connectivity index (χ0n) is 11.6. The number of rotatable bonds is 6. The number of alkyl halides is 3. The predicted octanol–water partition coefficient (Wildman–Crippen LogP) is 3.58. The van der Waals surface area contributed by atoms with Crippen molar-refractivity contribution in [3.8, 4) is 0 Å². The van der Waals surface area contributed by atoms with E-state index in [1.54, 1.807) is 31.3 Å². The molecule has 0 heterocycles. The molecule has 0 fully saturated rings. The summed E-state index contributed by atoms with van der Waals surface area (Å²) in [4.78, 5) is 11.3. The molecule has 0 saturated heterocycles. The minimum absolute atomic E-state index is 0.0526. The first kappa shape index (κ1) is 16.3. The van der Waals surface area contributed by atoms with Crippen LogP contribution in [0.2, 0.25) is 0 Å². The van der Waals surface area contributed by atoms with Gasteiger partial charge in [0.15, 0.2) is 0 Å². The molecule has 0 aromatic heterocycles. The lowest BCUT2D eigenvalue weighted by Crippen LogP contribution is -2.18. The average Bonchev–Trinajstić information content (AvgIpc) is 2.37. The first-order chi connectivity index (χ1) is 9.31. The molecule has 2 N–H and O–H groups in total. The summed E-state index contributed by atoms with van der Waals surface area (Å²) < 4.78 is 36.1. The van der Waals surface area contributed by atoms with Gasteiger partial charge in [-0.25, -0.2) is 0 Å². The number of benzene rings is 1. The fourth-order valence-electron chi connectivity index (χ4n) is 1.83. The quantitative estimate of drug-likeness (QED) is 0.840. The minimum Gasteiger partial charge on any atom is -0.383 e. The van der Waals surface area contributed by atoms with Crippen LogP contribution in [0.1, 0.15) is 36.5 Å². The van der Waals surface area contributed by atoms with Crippen LogP contribution in [0.15, 0.2) is 24.3 Å². The molecule has 1 amide bonds. The molecule has 6 heteroatoms. The van der Waals surface area contributed by atoms with Crippen molar-refractivity contribution < 1.29 is 18.0 Å². The fourth-order valence-corrected chi connectivity index (χ4v) is 1.83. The van der Waals surface area contributed by atoms with Crippen LogP contribution in [0.3, 0.4) is 0 Å². The fraction of sp³-hybridized carbons (Fsp3) is 0.500. The minimum atomic E-state index is -4.09. The second-order valence-electron chi connectivity index (χ2n) is 4.71. The monoisotopic (exact) mass is 288 g/mol. The standard InChI is InChI=1S/C14H19F3N2O/c1-10(4-3-9-14(15,16)17)19-12-7-5-11(6-8-12)13(20)18-2/h5-8,10,19H,3-4,9H2,1-2H3,(H,18,20). The van der Waals surface area contributed by atoms with E-state index in [2.05, 4.69) is 10.6 Å². The maximum atomic E-state index is 12.0. The SMILES string of the molecule is CNC(=O)c1ccc(NC(C)CCCC(F)(F)F)cc1. The highest BCUT2D eigenvalue weighted by Gasteiger charge is 2.26. The highest BCUT2D eigenvalue weighted by atomic mass is 19.4. The summed E-state index contributed by atoms with van der Waals surface area (Å²) in [6, 6.07) is 6.77. The van der Waals surface area contributed by atoms with E-state index in [9.17, 15) is 18.0 Å². The molecule has 0 aliphatic rings. The third-order valence-electron chi connectivity index (χ3n) is 2.88. The number of halogens is 3. The number of nitrogens with one attached hydrogen (secondary N) is 2. The molecule has 20 heavy (non-hydrogen) atoms. The van der Waals surface area contributed by atoms with E-state index in [1.807, 2.05) is 6.92 Å². The van der Waals surface area contributed by atoms with Gasteiger partial charge in [0.05, 0.1) is 0 Å². The molecule has 1 aromatic carbocycles. The van der Waals surface area contributed by atoms with Crippen molar-refractivity contribution in [2.24, 2.45) is 0 Å². The van der Waals surface area contributed by atoms with E-state index in [0.717, 1.165) is 5.69 Å². The third-order valence-corrected chi connectivity index (χ3v) is 2.88. The van der Waals surface area contributed by atoms with E-state index in [0.29, 0.717) is 12.0 Å². The number of amides is 1. The van der Waals surface area contributed by atoms with E-state index < -0.39 is 12.6 Å². The number of hydrogen-bond donors (Lipinski definition) is 2. The molecule has 1 unspecified atom stereocenters. The normalized spacial score (nSPS) is 12.8. The van der Waals surface area contributed by atoms with Crippen molar-refractivity contribution in [2.45, 2.75) is 38.4 Å². The van der Waals surface area contributed by atoms with Gasteiger partial charge in [-0.1, -0.05) is 0 Å². The Balaban J connectivity index is 2.42. The molecule has 1 atom stereocenters. The molecular formula is C14H19F3N2O. The van der Waals surface area contributed by atoms with Crippen molar-refractivity contribution in [3.05, 3.63) is 29.8 Å². The maximum absolute atomic E-state index is 12.0. The van der Waals surface area contributed by atoms with Crippen LogP contribution in [-0.2, 0) is 0 Å². The Morgan fingerprint density at radius 1 is 1.25 bits per heavy atom. The highest BCUT2D eigenvalue weighted by molar-refractivity contribution is 5.94. The van der Waals surface area contributed by atoms with Gasteiger partial charge in [0.1, 0.15) is 0 Å². The molecule has 3 nitrogen and oxygen atoms in total. The van der Waals surface area contributed by atoms with Crippen LogP contribution in [0.25, 0.3) is 0 Å². The molecule has 112 valence electrons. The van der Waals surface area contributed by atoms with Crippen LogP contribution in [0.5, 0.6) is 0 Å². The van der Waals surface area contributed by atoms with E-state index in [1.165, 1.54) is 0 Å². The zero-order chi connectivity index (χ0) is 15.2. The van der Waals surface area contributed by atoms with Crippen molar-refractivity contribution in [3.63, 3.8) is 0 Å². The number of anilines is 1. The van der Waals surface area contributed by atoms with Crippen molar-refractivity contribution in [1.29, 1.82) is 0 Å². The number of hydrogen-bond acceptors (Lipinski definition) is 2. The van der Waals surface area contributed by atoms with Crippen molar-refractivity contribution in [2.75, 3.05) is 12.4 Å². The van der Waals surface area contributed by atoms with Gasteiger partial charge in [-0.2, -0.15) is 13.2 Å². The van der Waals surface area contributed by atoms with Gasteiger partial charge in [-0.15, -0.1) is 0 Å². The topological polar surface area (TPSA) is 41.1 Å². The molecule has 0 spiro atoms. The lowest BCUT2D eigenvalue weighted by atomic mass is 10.1. The molecule has 0 saturated carbocycles. The summed E-state index contributed by atoms with van der Waals surface area (Å²) in [5.41, 5.74) is 1.33. The van der Waals surface area contributed by atoms with Crippen molar-refractivity contribution >= 4 is 11.6 Å². The van der Waals surface area contributed by atoms with Gasteiger partial charge in [0.25, 0.3) is 5.91 Å². The van der Waals surface area contributed by atoms with Gasteiger partial charge in [0, 0.05) is 30.8 Å². The summed E-state index contributed by atoms with van der Waals surface area (Å²) >= 11 is 0. The molecule has 0 aliphatic carbocycles. The molecule has 0 aliphatic heterocycles. The van der Waals surface area contributed by atoms with Crippen LogP contribution >= 0.6 is 0 Å². The highest BCUT2D eigenvalue weighted by Crippen LogP contribution is 2.23. The first-order valence-electron chi connectivity index (χ1n) is 6.47. The third kappa shape index (κ3) is 5.95. The van der Waals surface area contributed by atoms with Gasteiger partial charge in [0.2, 0.25) is 0 Å². The van der Waals surface area contributed by atoms with Crippen molar-refractivity contribution in [1.82, 2.24) is 5.32 Å².